The highest BCUT2D eigenvalue weighted by molar-refractivity contribution is 5.91. The summed E-state index contributed by atoms with van der Waals surface area (Å²) in [6, 6.07) is 4.53. The molecule has 2 aromatic heterocycles. The van der Waals surface area contributed by atoms with E-state index in [0.717, 1.165) is 68.1 Å². The summed E-state index contributed by atoms with van der Waals surface area (Å²) in [5.74, 6) is 0.0844. The minimum absolute atomic E-state index is 0.0960. The number of nitrogens with zero attached hydrogens (tertiary/aromatic N) is 8. The zero-order chi connectivity index (χ0) is 29.2. The smallest absolute Gasteiger partial charge is 0.318 e. The topological polar surface area (TPSA) is 102 Å². The van der Waals surface area contributed by atoms with Gasteiger partial charge < -0.3 is 24.3 Å². The van der Waals surface area contributed by atoms with E-state index in [2.05, 4.69) is 40.5 Å². The predicted molar refractivity (Wildman–Crippen MR) is 157 cm³/mol. The normalized spacial score (nSPS) is 22.4. The first-order chi connectivity index (χ1) is 20.4. The number of carbonyl (C=O) groups is 1. The summed E-state index contributed by atoms with van der Waals surface area (Å²) in [5, 5.41) is 9.48. The van der Waals surface area contributed by atoms with E-state index in [9.17, 15) is 14.4 Å². The summed E-state index contributed by atoms with van der Waals surface area (Å²) >= 11 is 0. The molecule has 0 spiro atoms. The molecule has 4 aliphatic rings. The zero-order valence-electron chi connectivity index (χ0n) is 24.4. The Morgan fingerprint density at radius 1 is 1.07 bits per heavy atom. The van der Waals surface area contributed by atoms with E-state index in [1.54, 1.807) is 0 Å². The number of piperazine rings is 1. The van der Waals surface area contributed by atoms with Crippen molar-refractivity contribution >= 4 is 17.5 Å². The Hall–Kier alpha value is -3.78. The average molecular weight is 575 g/mol. The van der Waals surface area contributed by atoms with Gasteiger partial charge in [0, 0.05) is 44.0 Å². The second-order valence-electron chi connectivity index (χ2n) is 11.9. The number of amides is 1. The molecule has 0 unspecified atom stereocenters. The number of fused-ring (bicyclic) bond motifs is 2. The molecule has 222 valence electrons. The highest BCUT2D eigenvalue weighted by Crippen LogP contribution is 2.35. The minimum atomic E-state index is -1.00. The molecule has 0 saturated carbocycles. The van der Waals surface area contributed by atoms with Crippen molar-refractivity contribution in [1.82, 2.24) is 24.8 Å². The number of hydrogen-bond acceptors (Lipinski definition) is 9. The number of anilines is 2. The van der Waals surface area contributed by atoms with Crippen molar-refractivity contribution < 1.29 is 13.9 Å². The maximum absolute atomic E-state index is 13.8. The lowest BCUT2D eigenvalue weighted by molar-refractivity contribution is -0.131. The van der Waals surface area contributed by atoms with E-state index in [1.165, 1.54) is 28.9 Å². The third-order valence-electron chi connectivity index (χ3n) is 9.25. The quantitative estimate of drug-likeness (QED) is 0.462. The molecular weight excluding hydrogens is 535 g/mol. The average Bonchev–Trinajstić information content (AvgIpc) is 3.43. The number of hydrogen-bond donors (Lipinski definition) is 0. The summed E-state index contributed by atoms with van der Waals surface area (Å²) in [4.78, 5) is 35.4. The van der Waals surface area contributed by atoms with Crippen LogP contribution in [0, 0.1) is 11.3 Å². The molecular formula is C31H39FN8O2. The molecule has 2 aromatic rings. The van der Waals surface area contributed by atoms with Gasteiger partial charge >= 0.3 is 6.01 Å². The van der Waals surface area contributed by atoms with Gasteiger partial charge in [-0.05, 0) is 75.7 Å². The summed E-state index contributed by atoms with van der Waals surface area (Å²) < 4.78 is 20.0. The number of halogens is 1. The van der Waals surface area contributed by atoms with Crippen molar-refractivity contribution in [2.45, 2.75) is 70.0 Å². The third kappa shape index (κ3) is 5.64. The second kappa shape index (κ2) is 12.2. The molecule has 0 aromatic carbocycles. The lowest BCUT2D eigenvalue weighted by Gasteiger charge is -2.42. The first-order valence-electron chi connectivity index (χ1n) is 15.1. The van der Waals surface area contributed by atoms with E-state index in [-0.39, 0.29) is 13.0 Å². The van der Waals surface area contributed by atoms with Crippen LogP contribution in [-0.2, 0) is 30.6 Å². The molecule has 3 aliphatic heterocycles. The lowest BCUT2D eigenvalue weighted by atomic mass is 9.92. The molecule has 1 aliphatic carbocycles. The molecule has 10 nitrogen and oxygen atoms in total. The van der Waals surface area contributed by atoms with Gasteiger partial charge in [-0.25, -0.2) is 9.37 Å². The number of nitriles is 1. The first-order valence-corrected chi connectivity index (χ1v) is 15.1. The van der Waals surface area contributed by atoms with Crippen LogP contribution < -0.4 is 14.5 Å². The molecule has 6 rings (SSSR count). The number of aromatic nitrogens is 3. The molecule has 5 heterocycles. The van der Waals surface area contributed by atoms with Crippen LogP contribution in [0.25, 0.3) is 0 Å². The Kier molecular flexibility index (Phi) is 8.24. The Morgan fingerprint density at radius 3 is 2.71 bits per heavy atom. The van der Waals surface area contributed by atoms with E-state index < -0.39 is 17.8 Å². The van der Waals surface area contributed by atoms with Crippen molar-refractivity contribution in [1.29, 1.82) is 5.26 Å². The van der Waals surface area contributed by atoms with E-state index in [4.69, 9.17) is 19.7 Å². The Labute approximate surface area is 246 Å². The summed E-state index contributed by atoms with van der Waals surface area (Å²) in [5.41, 5.74) is 4.74. The van der Waals surface area contributed by atoms with Gasteiger partial charge in [0.15, 0.2) is 5.83 Å². The van der Waals surface area contributed by atoms with Gasteiger partial charge in [0.05, 0.1) is 30.8 Å². The number of rotatable bonds is 7. The SMILES string of the molecule is C=C(F)C(=O)N1CCN(c2nc(OC[C@@H]3CCCN3C)nc3c2CCN(c2nccc4c2CCCC4)C3)C[C@@H]1CC#N. The molecule has 2 fully saturated rings. The van der Waals surface area contributed by atoms with Crippen LogP contribution in [-0.4, -0.2) is 89.1 Å². The largest absolute Gasteiger partial charge is 0.462 e. The number of aryl methyl sites for hydroxylation is 1. The molecule has 2 saturated heterocycles. The van der Waals surface area contributed by atoms with E-state index in [0.29, 0.717) is 38.3 Å². The van der Waals surface area contributed by atoms with Crippen LogP contribution in [0.1, 0.15) is 54.5 Å². The lowest BCUT2D eigenvalue weighted by Crippen LogP contribution is -2.55. The number of ether oxygens (including phenoxy) is 1. The molecule has 2 atom stereocenters. The van der Waals surface area contributed by atoms with Crippen LogP contribution in [0.4, 0.5) is 16.0 Å². The van der Waals surface area contributed by atoms with Crippen LogP contribution in [0.5, 0.6) is 6.01 Å². The van der Waals surface area contributed by atoms with Crippen LogP contribution in [0.2, 0.25) is 0 Å². The predicted octanol–water partition coefficient (Wildman–Crippen LogP) is 3.20. The van der Waals surface area contributed by atoms with Crippen molar-refractivity contribution in [3.8, 4) is 12.1 Å². The van der Waals surface area contributed by atoms with Crippen molar-refractivity contribution in [2.75, 3.05) is 56.2 Å². The summed E-state index contributed by atoms with van der Waals surface area (Å²) in [7, 11) is 2.12. The van der Waals surface area contributed by atoms with E-state index >= 15 is 0 Å². The van der Waals surface area contributed by atoms with Crippen molar-refractivity contribution in [3.05, 3.63) is 47.1 Å². The van der Waals surface area contributed by atoms with Crippen LogP contribution >= 0.6 is 0 Å². The Balaban J connectivity index is 1.31. The fourth-order valence-electron chi connectivity index (χ4n) is 6.92. The van der Waals surface area contributed by atoms with Crippen LogP contribution in [0.15, 0.2) is 24.7 Å². The third-order valence-corrected chi connectivity index (χ3v) is 9.25. The van der Waals surface area contributed by atoms with Gasteiger partial charge in [-0.1, -0.05) is 6.58 Å². The number of likely N-dealkylation sites (N-methyl/N-ethyl adjacent to an activating group) is 1. The Bertz CT molecular complexity index is 1390. The number of carbonyl (C=O) groups excluding carboxylic acids is 1. The van der Waals surface area contributed by atoms with Crippen molar-refractivity contribution in [2.24, 2.45) is 0 Å². The monoisotopic (exact) mass is 574 g/mol. The molecule has 0 radical (unpaired) electrons. The Morgan fingerprint density at radius 2 is 1.93 bits per heavy atom. The maximum atomic E-state index is 13.8. The number of likely N-dealkylation sites (tertiary alicyclic amines) is 1. The highest BCUT2D eigenvalue weighted by Gasteiger charge is 2.35. The minimum Gasteiger partial charge on any atom is -0.462 e. The molecule has 42 heavy (non-hydrogen) atoms. The van der Waals surface area contributed by atoms with Gasteiger partial charge in [0.1, 0.15) is 18.2 Å². The second-order valence-corrected chi connectivity index (χ2v) is 11.9. The molecule has 1 amide bonds. The maximum Gasteiger partial charge on any atom is 0.318 e. The summed E-state index contributed by atoms with van der Waals surface area (Å²) in [6.07, 6.45) is 9.55. The van der Waals surface area contributed by atoms with Gasteiger partial charge in [0.25, 0.3) is 5.91 Å². The zero-order valence-corrected chi connectivity index (χ0v) is 24.4. The van der Waals surface area contributed by atoms with Gasteiger partial charge in [0.2, 0.25) is 0 Å². The standard InChI is InChI=1S/C31H39FN8O2/c1-21(32)30(41)40-17-16-39(18-23(40)9-12-33)29-26-11-15-38(28-25-8-4-3-6-22(25)10-13-34-28)19-27(26)35-31(36-29)42-20-24-7-5-14-37(24)2/h10,13,23-24H,1,3-9,11,14-20H2,2H3/t23-,24-/m0/s1. The highest BCUT2D eigenvalue weighted by atomic mass is 19.1. The van der Waals surface area contributed by atoms with Gasteiger partial charge in [-0.3, -0.25) is 4.79 Å². The molecule has 0 bridgehead atoms. The fourth-order valence-corrected chi connectivity index (χ4v) is 6.92. The number of pyridine rings is 1. The van der Waals surface area contributed by atoms with Crippen LogP contribution in [0.3, 0.4) is 0 Å². The van der Waals surface area contributed by atoms with Gasteiger partial charge in [-0.2, -0.15) is 15.2 Å². The first kappa shape index (κ1) is 28.3. The molecule has 0 N–H and O–H groups in total. The summed E-state index contributed by atoms with van der Waals surface area (Å²) in [6.45, 7) is 7.28. The van der Waals surface area contributed by atoms with E-state index in [1.807, 2.05) is 6.20 Å². The van der Waals surface area contributed by atoms with Crippen molar-refractivity contribution in [3.63, 3.8) is 0 Å². The fraction of sp³-hybridized carbons (Fsp3) is 0.581. The van der Waals surface area contributed by atoms with Gasteiger partial charge in [-0.15, -0.1) is 0 Å². The molecule has 11 heteroatoms.